The Hall–Kier alpha value is -5.66. The minimum Gasteiger partial charge on any atom is -0.507 e. The maximum Gasteiger partial charge on any atom is 0.148 e. The van der Waals surface area contributed by atoms with Gasteiger partial charge >= 0.3 is 0 Å². The second-order valence-corrected chi connectivity index (χ2v) is 29.0. The number of nitrogens with zero attached hydrogens (tertiary/aromatic N) is 6. The molecule has 7 aromatic rings. The first kappa shape index (κ1) is 59.5. The van der Waals surface area contributed by atoms with Crippen LogP contribution in [0.2, 0.25) is 0 Å². The lowest BCUT2D eigenvalue weighted by Crippen LogP contribution is -2.58. The molecule has 3 fully saturated rings. The van der Waals surface area contributed by atoms with Crippen molar-refractivity contribution < 1.29 is 10.2 Å². The average Bonchev–Trinajstić information content (AvgIpc) is 3.79. The number of aromatic nitrogens is 6. The van der Waals surface area contributed by atoms with Crippen LogP contribution in [-0.4, -0.2) is 74.0 Å². The second kappa shape index (κ2) is 23.1. The van der Waals surface area contributed by atoms with Gasteiger partial charge in [-0.2, -0.15) is 20.4 Å². The van der Waals surface area contributed by atoms with Gasteiger partial charge in [-0.15, -0.1) is 10.2 Å². The molecule has 79 heavy (non-hydrogen) atoms. The van der Waals surface area contributed by atoms with Crippen molar-refractivity contribution in [1.82, 2.24) is 46.5 Å². The summed E-state index contributed by atoms with van der Waals surface area (Å²) in [6.07, 6.45) is 9.83. The second-order valence-electron chi connectivity index (χ2n) is 27.9. The fourth-order valence-electron chi connectivity index (χ4n) is 14.2. The Kier molecular flexibility index (Phi) is 17.4. The highest BCUT2D eigenvalue weighted by atomic mass is 32.1. The number of aromatic hydroxyl groups is 2. The van der Waals surface area contributed by atoms with Gasteiger partial charge < -0.3 is 26.2 Å². The van der Waals surface area contributed by atoms with Crippen molar-refractivity contribution >= 4 is 22.1 Å². The molecule has 0 amide bonds. The fourth-order valence-corrected chi connectivity index (χ4v) is 15.2. The lowest BCUT2D eigenvalue weighted by molar-refractivity contribution is 0.127. The summed E-state index contributed by atoms with van der Waals surface area (Å²) >= 11 is 1.77. The van der Waals surface area contributed by atoms with Gasteiger partial charge in [-0.1, -0.05) is 47.2 Å². The zero-order valence-corrected chi connectivity index (χ0v) is 51.5. The highest BCUT2D eigenvalue weighted by Crippen LogP contribution is 2.40. The highest BCUT2D eigenvalue weighted by Gasteiger charge is 2.40. The van der Waals surface area contributed by atoms with Gasteiger partial charge in [0.1, 0.15) is 21.5 Å². The maximum absolute atomic E-state index is 10.5. The summed E-state index contributed by atoms with van der Waals surface area (Å²) in [6, 6.07) is 28.2. The van der Waals surface area contributed by atoms with Crippen LogP contribution in [0.1, 0.15) is 166 Å². The fraction of sp³-hybridized carbons (Fsp3) is 0.522. The van der Waals surface area contributed by atoms with E-state index in [1.807, 2.05) is 49.4 Å². The molecule has 0 saturated carbocycles. The van der Waals surface area contributed by atoms with Crippen LogP contribution in [-0.2, 0) is 19.3 Å². The molecular formula is C67H91N9O2S. The van der Waals surface area contributed by atoms with E-state index >= 15 is 0 Å². The first-order chi connectivity index (χ1) is 36.8. The minimum absolute atomic E-state index is 0.134. The van der Waals surface area contributed by atoms with Crippen molar-refractivity contribution in [3.05, 3.63) is 129 Å². The topological polar surface area (TPSA) is 154 Å². The standard InChI is InChI=1S/C25H31N3O.C21H29N3O.C21H31N3S/c1-16-6-7-18-12-21(23(29)13-19(18)10-16)22-9-8-20(26-27-22)11-17-14-24(2,3)28-25(4,5)15-17;1-14-6-8-17(19(25)10-14)18-9-7-16(22-23-18)11-15-12-20(2,3)24-21(4,5)13-15;1-13-8-15(3)17(9-14(13)2)19-23-22-18(25-19)10-16-11-20(4,5)24-21(6,7)12-16/h6-10,12-13,17,28-29H,11,14-15H2,1-5H3;6-10,15,24-25H,11-13H2,1-5H3;8-9,16,24H,10-12H2,1-7H3. The summed E-state index contributed by atoms with van der Waals surface area (Å²) in [5, 5.41) is 63.0. The molecule has 6 heterocycles. The summed E-state index contributed by atoms with van der Waals surface area (Å²) < 4.78 is 0. The summed E-state index contributed by atoms with van der Waals surface area (Å²) in [6.45, 7) is 38.0. The molecule has 12 heteroatoms. The molecule has 3 aromatic heterocycles. The van der Waals surface area contributed by atoms with Crippen molar-refractivity contribution in [2.75, 3.05) is 0 Å². The van der Waals surface area contributed by atoms with E-state index in [4.69, 9.17) is 0 Å². The first-order valence-corrected chi connectivity index (χ1v) is 29.6. The van der Waals surface area contributed by atoms with Gasteiger partial charge in [0, 0.05) is 56.3 Å². The van der Waals surface area contributed by atoms with Crippen LogP contribution in [0.15, 0.2) is 84.9 Å². The summed E-state index contributed by atoms with van der Waals surface area (Å²) in [4.78, 5) is 0. The molecule has 0 bridgehead atoms. The SMILES string of the molecule is Cc1cc(C)c(-c2nnc(CC3CC(C)(C)NC(C)(C)C3)s2)cc1C.Cc1ccc(-c2ccc(CC3CC(C)(C)NC(C)(C)C3)nn2)c(O)c1.Cc1ccc2cc(-c3ccc(CC4CC(C)(C)NC(C)(C)C4)nn3)c(O)cc2c1. The molecule has 3 saturated heterocycles. The number of phenolic OH excluding ortho intramolecular Hbond substituents is 2. The lowest BCUT2D eigenvalue weighted by Gasteiger charge is -2.46. The Morgan fingerprint density at radius 3 is 1.33 bits per heavy atom. The zero-order valence-electron chi connectivity index (χ0n) is 50.7. The van der Waals surface area contributed by atoms with Crippen molar-refractivity contribution in [3.63, 3.8) is 0 Å². The first-order valence-electron chi connectivity index (χ1n) is 28.8. The largest absolute Gasteiger partial charge is 0.507 e. The van der Waals surface area contributed by atoms with Crippen molar-refractivity contribution in [2.24, 2.45) is 17.8 Å². The Morgan fingerprint density at radius 1 is 0.405 bits per heavy atom. The number of piperidine rings is 3. The van der Waals surface area contributed by atoms with E-state index in [9.17, 15) is 10.2 Å². The van der Waals surface area contributed by atoms with Crippen LogP contribution in [0.25, 0.3) is 43.9 Å². The molecule has 0 unspecified atom stereocenters. The average molecular weight is 1090 g/mol. The third-order valence-electron chi connectivity index (χ3n) is 16.1. The summed E-state index contributed by atoms with van der Waals surface area (Å²) in [7, 11) is 0. The van der Waals surface area contributed by atoms with Gasteiger partial charge in [0.15, 0.2) is 0 Å². The number of hydrogen-bond acceptors (Lipinski definition) is 12. The zero-order chi connectivity index (χ0) is 57.5. The number of nitrogens with one attached hydrogen (secondary N) is 3. The van der Waals surface area contributed by atoms with Crippen molar-refractivity contribution in [2.45, 2.75) is 209 Å². The number of aryl methyl sites for hydroxylation is 5. The molecular weight excluding hydrogens is 995 g/mol. The van der Waals surface area contributed by atoms with E-state index in [0.29, 0.717) is 29.1 Å². The Bertz CT molecular complexity index is 3200. The van der Waals surface area contributed by atoms with E-state index in [1.54, 1.807) is 17.4 Å². The molecule has 0 aliphatic carbocycles. The van der Waals surface area contributed by atoms with Crippen LogP contribution in [0.3, 0.4) is 0 Å². The molecule has 3 aliphatic rings. The van der Waals surface area contributed by atoms with Crippen molar-refractivity contribution in [1.29, 1.82) is 0 Å². The molecule has 10 rings (SSSR count). The predicted molar refractivity (Wildman–Crippen MR) is 328 cm³/mol. The number of rotatable bonds is 9. The smallest absolute Gasteiger partial charge is 0.148 e. The number of fused-ring (bicyclic) bond motifs is 1. The van der Waals surface area contributed by atoms with Gasteiger partial charge in [0.2, 0.25) is 0 Å². The lowest BCUT2D eigenvalue weighted by atomic mass is 9.74. The third kappa shape index (κ3) is 16.0. The minimum atomic E-state index is 0.134. The molecule has 4 aromatic carbocycles. The molecule has 422 valence electrons. The third-order valence-corrected chi connectivity index (χ3v) is 17.1. The summed E-state index contributed by atoms with van der Waals surface area (Å²) in [5.41, 5.74) is 13.2. The molecule has 0 radical (unpaired) electrons. The van der Waals surface area contributed by atoms with Crippen LogP contribution < -0.4 is 16.0 Å². The molecule has 11 nitrogen and oxygen atoms in total. The number of benzene rings is 4. The molecule has 5 N–H and O–H groups in total. The highest BCUT2D eigenvalue weighted by molar-refractivity contribution is 7.14. The molecule has 0 atom stereocenters. The van der Waals surface area contributed by atoms with E-state index < -0.39 is 0 Å². The van der Waals surface area contributed by atoms with Crippen LogP contribution >= 0.6 is 11.3 Å². The normalized spacial score (nSPS) is 19.5. The quantitative estimate of drug-likeness (QED) is 0.0939. The van der Waals surface area contributed by atoms with Crippen LogP contribution in [0, 0.1) is 52.4 Å². The molecule has 0 spiro atoms. The van der Waals surface area contributed by atoms with Gasteiger partial charge in [0.25, 0.3) is 0 Å². The van der Waals surface area contributed by atoms with Gasteiger partial charge in [-0.25, -0.2) is 0 Å². The summed E-state index contributed by atoms with van der Waals surface area (Å²) in [5.74, 6) is 2.33. The van der Waals surface area contributed by atoms with E-state index in [2.05, 4.69) is 194 Å². The molecule has 3 aliphatic heterocycles. The van der Waals surface area contributed by atoms with Gasteiger partial charge in [0.05, 0.1) is 22.8 Å². The predicted octanol–water partition coefficient (Wildman–Crippen LogP) is 14.9. The number of phenols is 2. The van der Waals surface area contributed by atoms with Gasteiger partial charge in [-0.3, -0.25) is 0 Å². The van der Waals surface area contributed by atoms with Gasteiger partial charge in [-0.05, 0) is 274 Å². The Morgan fingerprint density at radius 2 is 0.848 bits per heavy atom. The Labute approximate surface area is 476 Å². The van der Waals surface area contributed by atoms with E-state index in [-0.39, 0.29) is 44.7 Å². The van der Waals surface area contributed by atoms with Crippen molar-refractivity contribution in [3.8, 4) is 44.6 Å². The van der Waals surface area contributed by atoms with E-state index in [0.717, 1.165) is 88.8 Å². The number of hydrogen-bond donors (Lipinski definition) is 5. The van der Waals surface area contributed by atoms with Crippen LogP contribution in [0.5, 0.6) is 11.5 Å². The monoisotopic (exact) mass is 1090 g/mol. The maximum atomic E-state index is 10.5. The van der Waals surface area contributed by atoms with Crippen LogP contribution in [0.4, 0.5) is 0 Å². The van der Waals surface area contributed by atoms with E-state index in [1.165, 1.54) is 45.7 Å². The Balaban J connectivity index is 0.000000157.